The molecule has 0 radical (unpaired) electrons. The number of amides is 1. The SMILES string of the molecule is Cc1c(Cl)cccc1NC(=O)c1cc(-c2ccco2)[nH]n1. The van der Waals surface area contributed by atoms with Crippen molar-refractivity contribution < 1.29 is 9.21 Å². The standard InChI is InChI=1S/C15H12ClN3O2/c1-9-10(16)4-2-5-11(9)17-15(20)13-8-12(18-19-13)14-6-3-7-21-14/h2-8H,1H3,(H,17,20)(H,18,19). The lowest BCUT2D eigenvalue weighted by atomic mass is 10.2. The number of H-pyrrole nitrogens is 1. The van der Waals surface area contributed by atoms with E-state index in [-0.39, 0.29) is 11.6 Å². The van der Waals surface area contributed by atoms with E-state index in [2.05, 4.69) is 15.5 Å². The molecule has 5 nitrogen and oxygen atoms in total. The number of aromatic amines is 1. The Kier molecular flexibility index (Phi) is 3.50. The molecule has 2 N–H and O–H groups in total. The lowest BCUT2D eigenvalue weighted by Gasteiger charge is -2.07. The maximum atomic E-state index is 12.2. The first-order valence-corrected chi connectivity index (χ1v) is 6.68. The van der Waals surface area contributed by atoms with Gasteiger partial charge in [0, 0.05) is 16.8 Å². The van der Waals surface area contributed by atoms with Crippen molar-refractivity contribution in [1.82, 2.24) is 10.2 Å². The second-order valence-electron chi connectivity index (χ2n) is 4.51. The first-order valence-electron chi connectivity index (χ1n) is 6.31. The number of halogens is 1. The maximum absolute atomic E-state index is 12.2. The average molecular weight is 302 g/mol. The predicted molar refractivity (Wildman–Crippen MR) is 80.4 cm³/mol. The van der Waals surface area contributed by atoms with Crippen molar-refractivity contribution in [3.8, 4) is 11.5 Å². The van der Waals surface area contributed by atoms with Crippen molar-refractivity contribution in [2.75, 3.05) is 5.32 Å². The minimum Gasteiger partial charge on any atom is -0.463 e. The third-order valence-electron chi connectivity index (χ3n) is 3.11. The van der Waals surface area contributed by atoms with Gasteiger partial charge in [-0.05, 0) is 36.8 Å². The molecule has 0 aliphatic carbocycles. The highest BCUT2D eigenvalue weighted by molar-refractivity contribution is 6.31. The van der Waals surface area contributed by atoms with Gasteiger partial charge < -0.3 is 9.73 Å². The molecule has 106 valence electrons. The molecule has 0 aliphatic rings. The van der Waals surface area contributed by atoms with Crippen molar-refractivity contribution in [2.24, 2.45) is 0 Å². The van der Waals surface area contributed by atoms with Gasteiger partial charge in [0.25, 0.3) is 5.91 Å². The van der Waals surface area contributed by atoms with Crippen molar-refractivity contribution in [3.05, 3.63) is 58.9 Å². The van der Waals surface area contributed by atoms with Crippen LogP contribution in [0.15, 0.2) is 47.1 Å². The van der Waals surface area contributed by atoms with E-state index in [1.165, 1.54) is 0 Å². The second kappa shape index (κ2) is 5.46. The van der Waals surface area contributed by atoms with Gasteiger partial charge in [-0.2, -0.15) is 5.10 Å². The van der Waals surface area contributed by atoms with Gasteiger partial charge in [0.05, 0.1) is 6.26 Å². The summed E-state index contributed by atoms with van der Waals surface area (Å²) in [5, 5.41) is 10.2. The topological polar surface area (TPSA) is 70.9 Å². The number of rotatable bonds is 3. The Morgan fingerprint density at radius 3 is 2.95 bits per heavy atom. The molecule has 0 bridgehead atoms. The molecule has 0 fully saturated rings. The predicted octanol–water partition coefficient (Wildman–Crippen LogP) is 3.88. The lowest BCUT2D eigenvalue weighted by molar-refractivity contribution is 0.102. The molecule has 0 unspecified atom stereocenters. The molecule has 6 heteroatoms. The molecule has 0 atom stereocenters. The molecule has 1 aromatic carbocycles. The van der Waals surface area contributed by atoms with Gasteiger partial charge in [0.15, 0.2) is 11.5 Å². The molecule has 3 rings (SSSR count). The van der Waals surface area contributed by atoms with Crippen molar-refractivity contribution >= 4 is 23.2 Å². The van der Waals surface area contributed by atoms with Gasteiger partial charge in [-0.3, -0.25) is 9.89 Å². The fraction of sp³-hybridized carbons (Fsp3) is 0.0667. The molecule has 0 saturated carbocycles. The van der Waals surface area contributed by atoms with Crippen molar-refractivity contribution in [1.29, 1.82) is 0 Å². The van der Waals surface area contributed by atoms with Crippen LogP contribution in [0.5, 0.6) is 0 Å². The zero-order valence-corrected chi connectivity index (χ0v) is 11.9. The van der Waals surface area contributed by atoms with Gasteiger partial charge in [-0.25, -0.2) is 0 Å². The first-order chi connectivity index (χ1) is 10.1. The van der Waals surface area contributed by atoms with E-state index in [0.29, 0.717) is 22.2 Å². The minimum atomic E-state index is -0.311. The number of nitrogens with one attached hydrogen (secondary N) is 2. The van der Waals surface area contributed by atoms with Gasteiger partial charge in [-0.15, -0.1) is 0 Å². The molecule has 0 saturated heterocycles. The summed E-state index contributed by atoms with van der Waals surface area (Å²) in [5.74, 6) is 0.315. The van der Waals surface area contributed by atoms with E-state index in [1.54, 1.807) is 42.7 Å². The van der Waals surface area contributed by atoms with Crippen LogP contribution in [0.1, 0.15) is 16.1 Å². The monoisotopic (exact) mass is 301 g/mol. The Balaban J connectivity index is 1.81. The number of carbonyl (C=O) groups is 1. The molecule has 2 aromatic heterocycles. The highest BCUT2D eigenvalue weighted by atomic mass is 35.5. The highest BCUT2D eigenvalue weighted by Gasteiger charge is 2.14. The zero-order chi connectivity index (χ0) is 14.8. The van der Waals surface area contributed by atoms with E-state index in [1.807, 2.05) is 6.92 Å². The summed E-state index contributed by atoms with van der Waals surface area (Å²) in [6.07, 6.45) is 1.56. The van der Waals surface area contributed by atoms with Crippen LogP contribution in [0.25, 0.3) is 11.5 Å². The number of nitrogens with zero attached hydrogens (tertiary/aromatic N) is 1. The third-order valence-corrected chi connectivity index (χ3v) is 3.52. The molecule has 0 spiro atoms. The molecule has 2 heterocycles. The van der Waals surface area contributed by atoms with Crippen molar-refractivity contribution in [2.45, 2.75) is 6.92 Å². The largest absolute Gasteiger partial charge is 0.463 e. The number of benzene rings is 1. The quantitative estimate of drug-likeness (QED) is 0.771. The summed E-state index contributed by atoms with van der Waals surface area (Å²) in [6.45, 7) is 1.84. The number of hydrogen-bond acceptors (Lipinski definition) is 3. The molecule has 21 heavy (non-hydrogen) atoms. The zero-order valence-electron chi connectivity index (χ0n) is 11.2. The summed E-state index contributed by atoms with van der Waals surface area (Å²) < 4.78 is 5.25. The van der Waals surface area contributed by atoms with Crippen LogP contribution in [0.3, 0.4) is 0 Å². The molecule has 3 aromatic rings. The maximum Gasteiger partial charge on any atom is 0.276 e. The second-order valence-corrected chi connectivity index (χ2v) is 4.92. The van der Waals surface area contributed by atoms with E-state index in [9.17, 15) is 4.79 Å². The Hall–Kier alpha value is -2.53. The van der Waals surface area contributed by atoms with E-state index in [4.69, 9.17) is 16.0 Å². The Morgan fingerprint density at radius 2 is 2.19 bits per heavy atom. The van der Waals surface area contributed by atoms with Crippen LogP contribution in [-0.4, -0.2) is 16.1 Å². The highest BCUT2D eigenvalue weighted by Crippen LogP contribution is 2.24. The summed E-state index contributed by atoms with van der Waals surface area (Å²) in [7, 11) is 0. The van der Waals surface area contributed by atoms with Gasteiger partial charge in [0.2, 0.25) is 0 Å². The number of aromatic nitrogens is 2. The minimum absolute atomic E-state index is 0.278. The van der Waals surface area contributed by atoms with Crippen LogP contribution in [0, 0.1) is 6.92 Å². The Bertz CT molecular complexity index is 778. The van der Waals surface area contributed by atoms with E-state index >= 15 is 0 Å². The fourth-order valence-electron chi connectivity index (χ4n) is 1.93. The fourth-order valence-corrected chi connectivity index (χ4v) is 2.10. The van der Waals surface area contributed by atoms with Crippen LogP contribution < -0.4 is 5.32 Å². The van der Waals surface area contributed by atoms with Crippen LogP contribution in [0.2, 0.25) is 5.02 Å². The number of carbonyl (C=O) groups excluding carboxylic acids is 1. The van der Waals surface area contributed by atoms with Crippen LogP contribution in [0.4, 0.5) is 5.69 Å². The normalized spacial score (nSPS) is 10.6. The summed E-state index contributed by atoms with van der Waals surface area (Å²) in [4.78, 5) is 12.2. The number of furan rings is 1. The molecule has 0 aliphatic heterocycles. The van der Waals surface area contributed by atoms with Gasteiger partial charge in [-0.1, -0.05) is 17.7 Å². The van der Waals surface area contributed by atoms with Gasteiger partial charge in [0.1, 0.15) is 5.69 Å². The third kappa shape index (κ3) is 2.68. The van der Waals surface area contributed by atoms with Gasteiger partial charge >= 0.3 is 0 Å². The number of anilines is 1. The Labute approximate surface area is 125 Å². The molecule has 1 amide bonds. The van der Waals surface area contributed by atoms with E-state index < -0.39 is 0 Å². The smallest absolute Gasteiger partial charge is 0.276 e. The average Bonchev–Trinajstić information content (AvgIpc) is 3.13. The summed E-state index contributed by atoms with van der Waals surface area (Å²) in [6, 6.07) is 10.5. The van der Waals surface area contributed by atoms with E-state index in [0.717, 1.165) is 5.56 Å². The van der Waals surface area contributed by atoms with Crippen molar-refractivity contribution in [3.63, 3.8) is 0 Å². The molecular formula is C15H12ClN3O2. The van der Waals surface area contributed by atoms with Crippen LogP contribution in [-0.2, 0) is 0 Å². The number of hydrogen-bond donors (Lipinski definition) is 2. The summed E-state index contributed by atoms with van der Waals surface area (Å²) >= 11 is 6.03. The first kappa shape index (κ1) is 13.5. The van der Waals surface area contributed by atoms with Crippen LogP contribution >= 0.6 is 11.6 Å². The summed E-state index contributed by atoms with van der Waals surface area (Å²) in [5.41, 5.74) is 2.40. The molecular weight excluding hydrogens is 290 g/mol. The Morgan fingerprint density at radius 1 is 1.33 bits per heavy atom. The lowest BCUT2D eigenvalue weighted by Crippen LogP contribution is -2.13.